The standard InChI is InChI=1S/C49H35N3Si/c1-53(2)45-31-39(28-29-43(45)44-30-27-35-14-7-9-17-42(35)46(44)53)49-51-47(37-23-19-33(20-24-37)32-11-4-3-5-12-32)50-48(52-49)38-25-21-36(22-26-38)41-18-10-15-34-13-6-8-16-40(34)41/h3-31H,1-2H3. The lowest BCUT2D eigenvalue weighted by Crippen LogP contribution is -2.49. The van der Waals surface area contributed by atoms with Crippen LogP contribution in [-0.2, 0) is 0 Å². The normalized spacial score (nSPS) is 12.9. The summed E-state index contributed by atoms with van der Waals surface area (Å²) in [4.78, 5) is 15.5. The molecular formula is C49H35N3Si. The first kappa shape index (κ1) is 31.3. The first-order valence-corrected chi connectivity index (χ1v) is 21.2. The van der Waals surface area contributed by atoms with E-state index in [9.17, 15) is 0 Å². The van der Waals surface area contributed by atoms with Gasteiger partial charge in [-0.15, -0.1) is 0 Å². The number of fused-ring (bicyclic) bond motifs is 6. The third-order valence-electron chi connectivity index (χ3n) is 10.9. The van der Waals surface area contributed by atoms with Crippen LogP contribution < -0.4 is 10.4 Å². The summed E-state index contributed by atoms with van der Waals surface area (Å²) in [5.74, 6) is 2.01. The topological polar surface area (TPSA) is 38.7 Å². The van der Waals surface area contributed by atoms with E-state index >= 15 is 0 Å². The summed E-state index contributed by atoms with van der Waals surface area (Å²) in [6.45, 7) is 4.95. The highest BCUT2D eigenvalue weighted by Gasteiger charge is 2.39. The SMILES string of the molecule is C[Si]1(C)c2cc(-c3nc(-c4ccc(-c5ccccc5)cc4)nc(-c4ccc(-c5cccc6ccccc56)cc4)n3)ccc2-c2ccc3ccccc3c21. The molecule has 0 unspecified atom stereocenters. The average molecular weight is 694 g/mol. The minimum Gasteiger partial charge on any atom is -0.208 e. The highest BCUT2D eigenvalue weighted by Crippen LogP contribution is 2.35. The zero-order valence-corrected chi connectivity index (χ0v) is 30.6. The van der Waals surface area contributed by atoms with Crippen LogP contribution in [0.1, 0.15) is 0 Å². The minimum absolute atomic E-state index is 0.660. The van der Waals surface area contributed by atoms with E-state index in [1.807, 2.05) is 6.07 Å². The molecule has 0 atom stereocenters. The molecule has 10 rings (SSSR count). The van der Waals surface area contributed by atoms with Crippen molar-refractivity contribution in [2.75, 3.05) is 0 Å². The van der Waals surface area contributed by atoms with Gasteiger partial charge in [0.2, 0.25) is 0 Å². The third-order valence-corrected chi connectivity index (χ3v) is 14.5. The average Bonchev–Trinajstić information content (AvgIpc) is 3.46. The molecule has 1 aromatic heterocycles. The maximum absolute atomic E-state index is 5.18. The van der Waals surface area contributed by atoms with Crippen molar-refractivity contribution in [2.24, 2.45) is 0 Å². The fourth-order valence-corrected chi connectivity index (χ4v) is 11.7. The molecule has 4 heteroatoms. The lowest BCUT2D eigenvalue weighted by atomic mass is 9.97. The zero-order valence-electron chi connectivity index (χ0n) is 29.6. The molecule has 0 amide bonds. The van der Waals surface area contributed by atoms with Gasteiger partial charge in [-0.1, -0.05) is 189 Å². The van der Waals surface area contributed by atoms with Gasteiger partial charge in [0, 0.05) is 16.7 Å². The lowest BCUT2D eigenvalue weighted by Gasteiger charge is -2.21. The number of benzene rings is 8. The molecular weight excluding hydrogens is 659 g/mol. The van der Waals surface area contributed by atoms with Gasteiger partial charge in [-0.2, -0.15) is 0 Å². The number of aromatic nitrogens is 3. The molecule has 0 spiro atoms. The van der Waals surface area contributed by atoms with Gasteiger partial charge in [-0.3, -0.25) is 0 Å². The second kappa shape index (κ2) is 12.3. The van der Waals surface area contributed by atoms with Crippen LogP contribution in [-0.4, -0.2) is 23.0 Å². The van der Waals surface area contributed by atoms with E-state index in [0.29, 0.717) is 17.5 Å². The van der Waals surface area contributed by atoms with Crippen molar-refractivity contribution >= 4 is 40.0 Å². The van der Waals surface area contributed by atoms with Crippen molar-refractivity contribution in [1.29, 1.82) is 0 Å². The molecule has 53 heavy (non-hydrogen) atoms. The van der Waals surface area contributed by atoms with Crippen molar-refractivity contribution in [2.45, 2.75) is 13.1 Å². The van der Waals surface area contributed by atoms with Crippen LogP contribution in [0, 0.1) is 0 Å². The second-order valence-corrected chi connectivity index (χ2v) is 18.7. The summed E-state index contributed by atoms with van der Waals surface area (Å²) < 4.78 is 0. The Morgan fingerprint density at radius 1 is 0.340 bits per heavy atom. The largest absolute Gasteiger partial charge is 0.208 e. The smallest absolute Gasteiger partial charge is 0.164 e. The van der Waals surface area contributed by atoms with E-state index in [-0.39, 0.29) is 0 Å². The van der Waals surface area contributed by atoms with Crippen LogP contribution >= 0.6 is 0 Å². The molecule has 0 fully saturated rings. The second-order valence-electron chi connectivity index (χ2n) is 14.4. The molecule has 2 heterocycles. The Bertz CT molecular complexity index is 2840. The maximum Gasteiger partial charge on any atom is 0.164 e. The van der Waals surface area contributed by atoms with Gasteiger partial charge in [-0.25, -0.2) is 15.0 Å². The van der Waals surface area contributed by atoms with Gasteiger partial charge in [0.1, 0.15) is 8.07 Å². The molecule has 1 aliphatic rings. The van der Waals surface area contributed by atoms with Gasteiger partial charge in [0.05, 0.1) is 0 Å². The van der Waals surface area contributed by atoms with E-state index in [1.165, 1.54) is 54.2 Å². The predicted molar refractivity (Wildman–Crippen MR) is 224 cm³/mol. The summed E-state index contributed by atoms with van der Waals surface area (Å²) in [5.41, 5.74) is 10.3. The van der Waals surface area contributed by atoms with Crippen LogP contribution in [0.25, 0.3) is 89.1 Å². The van der Waals surface area contributed by atoms with Gasteiger partial charge >= 0.3 is 0 Å². The van der Waals surface area contributed by atoms with Crippen molar-refractivity contribution in [3.63, 3.8) is 0 Å². The minimum atomic E-state index is -2.03. The zero-order chi connectivity index (χ0) is 35.5. The van der Waals surface area contributed by atoms with E-state index < -0.39 is 8.07 Å². The predicted octanol–water partition coefficient (Wildman–Crippen LogP) is 11.3. The molecule has 3 nitrogen and oxygen atoms in total. The molecule has 1 aliphatic heterocycles. The Morgan fingerprint density at radius 2 is 0.830 bits per heavy atom. The van der Waals surface area contributed by atoms with Crippen molar-refractivity contribution in [3.05, 3.63) is 176 Å². The molecule has 9 aromatic rings. The highest BCUT2D eigenvalue weighted by molar-refractivity contribution is 7.05. The molecule has 0 saturated heterocycles. The number of hydrogen-bond donors (Lipinski definition) is 0. The maximum atomic E-state index is 5.18. The molecule has 250 valence electrons. The van der Waals surface area contributed by atoms with Crippen molar-refractivity contribution < 1.29 is 0 Å². The molecule has 0 N–H and O–H groups in total. The van der Waals surface area contributed by atoms with Gasteiger partial charge in [-0.05, 0) is 65.3 Å². The number of nitrogens with zero attached hydrogens (tertiary/aromatic N) is 3. The van der Waals surface area contributed by atoms with E-state index in [2.05, 4.69) is 183 Å². The van der Waals surface area contributed by atoms with Crippen LogP contribution in [0.3, 0.4) is 0 Å². The number of rotatable bonds is 5. The fourth-order valence-electron chi connectivity index (χ4n) is 8.22. The molecule has 0 saturated carbocycles. The lowest BCUT2D eigenvalue weighted by molar-refractivity contribution is 1.07. The first-order valence-electron chi connectivity index (χ1n) is 18.2. The fraction of sp³-hybridized carbons (Fsp3) is 0.0408. The Labute approximate surface area is 310 Å². The quantitative estimate of drug-likeness (QED) is 0.168. The van der Waals surface area contributed by atoms with Crippen molar-refractivity contribution in [1.82, 2.24) is 15.0 Å². The summed E-state index contributed by atoms with van der Waals surface area (Å²) in [5, 5.41) is 8.09. The van der Waals surface area contributed by atoms with E-state index in [0.717, 1.165) is 27.8 Å². The monoisotopic (exact) mass is 693 g/mol. The van der Waals surface area contributed by atoms with Crippen LogP contribution in [0.5, 0.6) is 0 Å². The summed E-state index contributed by atoms with van der Waals surface area (Å²) in [6.07, 6.45) is 0. The van der Waals surface area contributed by atoms with Crippen LogP contribution in [0.2, 0.25) is 13.1 Å². The molecule has 0 bridgehead atoms. The first-order chi connectivity index (χ1) is 26.0. The van der Waals surface area contributed by atoms with E-state index in [1.54, 1.807) is 0 Å². The summed E-state index contributed by atoms with van der Waals surface area (Å²) in [6, 6.07) is 62.9. The summed E-state index contributed by atoms with van der Waals surface area (Å²) >= 11 is 0. The summed E-state index contributed by atoms with van der Waals surface area (Å²) in [7, 11) is -2.03. The Kier molecular flexibility index (Phi) is 7.27. The van der Waals surface area contributed by atoms with Gasteiger partial charge in [0.15, 0.2) is 17.5 Å². The van der Waals surface area contributed by atoms with E-state index in [4.69, 9.17) is 15.0 Å². The van der Waals surface area contributed by atoms with Crippen LogP contribution in [0.4, 0.5) is 0 Å². The number of hydrogen-bond acceptors (Lipinski definition) is 3. The van der Waals surface area contributed by atoms with Gasteiger partial charge in [0.25, 0.3) is 0 Å². The Balaban J connectivity index is 1.09. The highest BCUT2D eigenvalue weighted by atomic mass is 28.3. The van der Waals surface area contributed by atoms with Crippen molar-refractivity contribution in [3.8, 4) is 67.5 Å². The van der Waals surface area contributed by atoms with Gasteiger partial charge < -0.3 is 0 Å². The third kappa shape index (κ3) is 5.30. The molecule has 0 radical (unpaired) electrons. The Hall–Kier alpha value is -6.49. The van der Waals surface area contributed by atoms with Crippen LogP contribution in [0.15, 0.2) is 176 Å². The Morgan fingerprint density at radius 3 is 1.53 bits per heavy atom. The molecule has 8 aromatic carbocycles. The molecule has 0 aliphatic carbocycles.